The van der Waals surface area contributed by atoms with Crippen molar-refractivity contribution in [1.82, 2.24) is 0 Å². The molecule has 0 fully saturated rings. The van der Waals surface area contributed by atoms with Crippen molar-refractivity contribution in [3.05, 3.63) is 34.9 Å². The molecule has 0 aliphatic carbocycles. The molecule has 1 rings (SSSR count). The molecular formula is C11H9F5O. The van der Waals surface area contributed by atoms with Crippen LogP contribution in [0.5, 0.6) is 0 Å². The van der Waals surface area contributed by atoms with Crippen LogP contribution < -0.4 is 0 Å². The van der Waals surface area contributed by atoms with Crippen molar-refractivity contribution in [2.75, 3.05) is 0 Å². The molecule has 0 aliphatic heterocycles. The van der Waals surface area contributed by atoms with E-state index in [1.165, 1.54) is 0 Å². The van der Waals surface area contributed by atoms with Crippen LogP contribution in [0.25, 0.3) is 0 Å². The van der Waals surface area contributed by atoms with Gasteiger partial charge in [-0.05, 0) is 24.1 Å². The van der Waals surface area contributed by atoms with Gasteiger partial charge in [-0.2, -0.15) is 13.2 Å². The van der Waals surface area contributed by atoms with Gasteiger partial charge in [-0.15, -0.1) is 0 Å². The third kappa shape index (κ3) is 3.51. The molecule has 0 atom stereocenters. The van der Waals surface area contributed by atoms with Gasteiger partial charge >= 0.3 is 6.18 Å². The maximum Gasteiger partial charge on any atom is 0.416 e. The maximum absolute atomic E-state index is 12.6. The summed E-state index contributed by atoms with van der Waals surface area (Å²) in [7, 11) is 0. The number of aryl methyl sites for hydroxylation is 1. The minimum atomic E-state index is -4.65. The number of hydrogen-bond donors (Lipinski definition) is 0. The third-order valence-corrected chi connectivity index (χ3v) is 2.24. The van der Waals surface area contributed by atoms with E-state index >= 15 is 0 Å². The Labute approximate surface area is 94.2 Å². The van der Waals surface area contributed by atoms with Crippen LogP contribution >= 0.6 is 0 Å². The Kier molecular flexibility index (Phi) is 4.20. The van der Waals surface area contributed by atoms with E-state index in [2.05, 4.69) is 0 Å². The van der Waals surface area contributed by atoms with Crippen LogP contribution in [-0.2, 0) is 17.4 Å². The standard InChI is InChI=1S/C11H9F5O/c12-10(13)9-6-8(11(14,15)16)4-3-7(9)2-1-5-17/h3-6,10H,1-2H2. The Balaban J connectivity index is 3.12. The molecule has 0 amide bonds. The van der Waals surface area contributed by atoms with E-state index in [9.17, 15) is 26.7 Å². The minimum Gasteiger partial charge on any atom is -0.303 e. The van der Waals surface area contributed by atoms with Crippen LogP contribution in [0.4, 0.5) is 22.0 Å². The second-order valence-electron chi connectivity index (χ2n) is 3.42. The molecule has 0 unspecified atom stereocenters. The summed E-state index contributed by atoms with van der Waals surface area (Å²) in [5.74, 6) is 0. The van der Waals surface area contributed by atoms with Gasteiger partial charge in [0.1, 0.15) is 6.29 Å². The van der Waals surface area contributed by atoms with Crippen molar-refractivity contribution in [1.29, 1.82) is 0 Å². The van der Waals surface area contributed by atoms with Crippen molar-refractivity contribution in [2.24, 2.45) is 0 Å². The molecular weight excluding hydrogens is 243 g/mol. The van der Waals surface area contributed by atoms with Gasteiger partial charge in [0.15, 0.2) is 0 Å². The zero-order valence-electron chi connectivity index (χ0n) is 8.60. The van der Waals surface area contributed by atoms with Crippen LogP contribution in [0, 0.1) is 0 Å². The van der Waals surface area contributed by atoms with E-state index in [4.69, 9.17) is 0 Å². The van der Waals surface area contributed by atoms with E-state index < -0.39 is 23.7 Å². The molecule has 17 heavy (non-hydrogen) atoms. The average Bonchev–Trinajstić information content (AvgIpc) is 2.24. The number of carbonyl (C=O) groups excluding carboxylic acids is 1. The molecule has 0 radical (unpaired) electrons. The summed E-state index contributed by atoms with van der Waals surface area (Å²) >= 11 is 0. The molecule has 6 heteroatoms. The van der Waals surface area contributed by atoms with Crippen molar-refractivity contribution in [3.8, 4) is 0 Å². The summed E-state index contributed by atoms with van der Waals surface area (Å²) < 4.78 is 62.1. The summed E-state index contributed by atoms with van der Waals surface area (Å²) in [6, 6.07) is 2.17. The Morgan fingerprint density at radius 1 is 1.24 bits per heavy atom. The lowest BCUT2D eigenvalue weighted by atomic mass is 10.0. The highest BCUT2D eigenvalue weighted by Gasteiger charge is 2.31. The molecule has 1 aromatic carbocycles. The highest BCUT2D eigenvalue weighted by atomic mass is 19.4. The molecule has 1 nitrogen and oxygen atoms in total. The molecule has 0 aromatic heterocycles. The topological polar surface area (TPSA) is 17.1 Å². The van der Waals surface area contributed by atoms with Gasteiger partial charge in [-0.1, -0.05) is 6.07 Å². The first-order valence-electron chi connectivity index (χ1n) is 4.78. The van der Waals surface area contributed by atoms with E-state index in [0.717, 1.165) is 12.1 Å². The van der Waals surface area contributed by atoms with Gasteiger partial charge in [0.2, 0.25) is 0 Å². The van der Waals surface area contributed by atoms with Gasteiger partial charge in [-0.25, -0.2) is 8.78 Å². The predicted molar refractivity (Wildman–Crippen MR) is 50.8 cm³/mol. The summed E-state index contributed by atoms with van der Waals surface area (Å²) in [5.41, 5.74) is -1.70. The molecule has 0 saturated heterocycles. The van der Waals surface area contributed by atoms with Crippen LogP contribution in [-0.4, -0.2) is 6.29 Å². The second-order valence-corrected chi connectivity index (χ2v) is 3.42. The van der Waals surface area contributed by atoms with Gasteiger partial charge in [0, 0.05) is 12.0 Å². The van der Waals surface area contributed by atoms with Crippen LogP contribution in [0.1, 0.15) is 29.5 Å². The van der Waals surface area contributed by atoms with E-state index in [0.29, 0.717) is 12.4 Å². The molecule has 0 N–H and O–H groups in total. The SMILES string of the molecule is O=CCCc1ccc(C(F)(F)F)cc1C(F)F. The monoisotopic (exact) mass is 252 g/mol. The van der Waals surface area contributed by atoms with E-state index in [-0.39, 0.29) is 18.4 Å². The number of benzene rings is 1. The molecule has 0 aliphatic rings. The Hall–Kier alpha value is -1.46. The first-order valence-corrected chi connectivity index (χ1v) is 4.78. The first-order chi connectivity index (χ1) is 7.86. The van der Waals surface area contributed by atoms with Gasteiger partial charge < -0.3 is 4.79 Å². The van der Waals surface area contributed by atoms with Crippen LogP contribution in [0.3, 0.4) is 0 Å². The predicted octanol–water partition coefficient (Wildman–Crippen LogP) is 3.77. The van der Waals surface area contributed by atoms with Crippen molar-refractivity contribution in [3.63, 3.8) is 0 Å². The zero-order valence-corrected chi connectivity index (χ0v) is 8.60. The number of rotatable bonds is 4. The highest BCUT2D eigenvalue weighted by molar-refractivity contribution is 5.50. The number of alkyl halides is 5. The highest BCUT2D eigenvalue weighted by Crippen LogP contribution is 2.33. The fraction of sp³-hybridized carbons (Fsp3) is 0.364. The number of halogens is 5. The zero-order chi connectivity index (χ0) is 13.1. The lowest BCUT2D eigenvalue weighted by molar-refractivity contribution is -0.137. The maximum atomic E-state index is 12.6. The van der Waals surface area contributed by atoms with E-state index in [1.54, 1.807) is 0 Å². The van der Waals surface area contributed by atoms with Crippen molar-refractivity contribution < 1.29 is 26.7 Å². The molecule has 0 saturated carbocycles. The van der Waals surface area contributed by atoms with E-state index in [1.807, 2.05) is 0 Å². The molecule has 0 bridgehead atoms. The normalized spacial score (nSPS) is 11.9. The summed E-state index contributed by atoms with van der Waals surface area (Å²) in [6.07, 6.45) is -7.08. The largest absolute Gasteiger partial charge is 0.416 e. The molecule has 0 heterocycles. The molecule has 1 aromatic rings. The summed E-state index contributed by atoms with van der Waals surface area (Å²) in [6.45, 7) is 0. The average molecular weight is 252 g/mol. The van der Waals surface area contributed by atoms with Gasteiger partial charge in [-0.3, -0.25) is 0 Å². The third-order valence-electron chi connectivity index (χ3n) is 2.24. The lowest BCUT2D eigenvalue weighted by Crippen LogP contribution is -2.07. The minimum absolute atomic E-state index is 0.00504. The lowest BCUT2D eigenvalue weighted by Gasteiger charge is -2.12. The molecule has 0 spiro atoms. The summed E-state index contributed by atoms with van der Waals surface area (Å²) in [5, 5.41) is 0. The van der Waals surface area contributed by atoms with Crippen molar-refractivity contribution >= 4 is 6.29 Å². The Morgan fingerprint density at radius 2 is 1.88 bits per heavy atom. The smallest absolute Gasteiger partial charge is 0.303 e. The molecule has 94 valence electrons. The number of aldehydes is 1. The fourth-order valence-corrected chi connectivity index (χ4v) is 1.42. The van der Waals surface area contributed by atoms with Gasteiger partial charge in [0.25, 0.3) is 6.43 Å². The quantitative estimate of drug-likeness (QED) is 0.588. The van der Waals surface area contributed by atoms with Crippen molar-refractivity contribution in [2.45, 2.75) is 25.4 Å². The fourth-order valence-electron chi connectivity index (χ4n) is 1.42. The summed E-state index contributed by atoms with van der Waals surface area (Å²) in [4.78, 5) is 10.1. The van der Waals surface area contributed by atoms with Gasteiger partial charge in [0.05, 0.1) is 5.56 Å². The number of carbonyl (C=O) groups is 1. The Bertz CT molecular complexity index is 397. The Morgan fingerprint density at radius 3 is 2.35 bits per heavy atom. The number of hydrogen-bond acceptors (Lipinski definition) is 1. The van der Waals surface area contributed by atoms with Crippen LogP contribution in [0.2, 0.25) is 0 Å². The first kappa shape index (κ1) is 13.6. The van der Waals surface area contributed by atoms with Crippen LogP contribution in [0.15, 0.2) is 18.2 Å². The second kappa shape index (κ2) is 5.25.